The molecule has 8 nitrogen and oxygen atoms in total. The molecule has 0 aliphatic heterocycles. The Morgan fingerprint density at radius 2 is 1.76 bits per heavy atom. The molecule has 5 rings (SSSR count). The van der Waals surface area contributed by atoms with Crippen LogP contribution in [0.3, 0.4) is 0 Å². The maximum Gasteiger partial charge on any atom is 0.338 e. The molecular formula is C37H46O8. The molecule has 0 unspecified atom stereocenters. The summed E-state index contributed by atoms with van der Waals surface area (Å²) < 4.78 is 12.6. The van der Waals surface area contributed by atoms with Crippen LogP contribution >= 0.6 is 0 Å². The van der Waals surface area contributed by atoms with Gasteiger partial charge in [0.15, 0.2) is 11.4 Å². The highest BCUT2D eigenvalue weighted by Crippen LogP contribution is 2.77. The van der Waals surface area contributed by atoms with Crippen molar-refractivity contribution in [2.24, 2.45) is 29.1 Å². The fourth-order valence-corrected chi connectivity index (χ4v) is 8.55. The van der Waals surface area contributed by atoms with Crippen LogP contribution in [0.15, 0.2) is 77.9 Å². The normalized spacial score (nSPS) is 36.4. The van der Waals surface area contributed by atoms with Gasteiger partial charge in [-0.1, -0.05) is 95.2 Å². The Hall–Kier alpha value is -3.33. The van der Waals surface area contributed by atoms with Gasteiger partial charge >= 0.3 is 11.9 Å². The van der Waals surface area contributed by atoms with Crippen molar-refractivity contribution in [3.05, 3.63) is 83.5 Å². The van der Waals surface area contributed by atoms with E-state index < -0.39 is 76.3 Å². The minimum Gasteiger partial charge on any atom is -0.454 e. The first-order valence-electron chi connectivity index (χ1n) is 16.1. The van der Waals surface area contributed by atoms with Crippen LogP contribution in [0.1, 0.15) is 77.1 Å². The number of hydrogen-bond acceptors (Lipinski definition) is 8. The molecule has 0 spiro atoms. The maximum atomic E-state index is 13.6. The molecule has 8 heteroatoms. The van der Waals surface area contributed by atoms with E-state index in [1.54, 1.807) is 62.4 Å². The Kier molecular flexibility index (Phi) is 8.90. The summed E-state index contributed by atoms with van der Waals surface area (Å²) in [4.78, 5) is 40.4. The van der Waals surface area contributed by atoms with Crippen molar-refractivity contribution in [1.29, 1.82) is 0 Å². The first-order valence-corrected chi connectivity index (χ1v) is 16.1. The lowest BCUT2D eigenvalue weighted by molar-refractivity contribution is -0.219. The average Bonchev–Trinajstić information content (AvgIpc) is 3.44. The summed E-state index contributed by atoms with van der Waals surface area (Å²) in [7, 11) is 0. The fourth-order valence-electron chi connectivity index (χ4n) is 8.55. The standard InChI is InChI=1S/C37H46O8/c1-6-7-8-9-10-11-15-18-29(39)45-37-30(34(37,4)5)27-20-25(22-38)21-35(42)28(19-23(2)31(35)40)36(27,43)24(3)32(37)44-33(41)26-16-13-12-14-17-26/h9-17,19-20,24,27-28,30,32,38,42-43H,6-8,18,21-22H2,1-5H3/b10-9+,15-11+/t24-,27+,28-,30-,32-,35-,36-,37-/m1/s1. The van der Waals surface area contributed by atoms with Crippen LogP contribution in [0, 0.1) is 29.1 Å². The summed E-state index contributed by atoms with van der Waals surface area (Å²) in [6.07, 6.45) is 12.8. The van der Waals surface area contributed by atoms with E-state index in [1.807, 2.05) is 26.0 Å². The number of carbonyl (C=O) groups excluding carboxylic acids is 3. The zero-order valence-electron chi connectivity index (χ0n) is 26.9. The molecule has 0 bridgehead atoms. The second-order valence-corrected chi connectivity index (χ2v) is 13.8. The van der Waals surface area contributed by atoms with Crippen molar-refractivity contribution in [1.82, 2.24) is 0 Å². The van der Waals surface area contributed by atoms with Gasteiger partial charge < -0.3 is 24.8 Å². The fraction of sp³-hybridized carbons (Fsp3) is 0.541. The summed E-state index contributed by atoms with van der Waals surface area (Å²) in [5.41, 5.74) is -4.79. The first-order chi connectivity index (χ1) is 21.3. The smallest absolute Gasteiger partial charge is 0.338 e. The molecule has 0 amide bonds. The number of rotatable bonds is 10. The summed E-state index contributed by atoms with van der Waals surface area (Å²) in [5.74, 6) is -4.83. The molecule has 2 fully saturated rings. The van der Waals surface area contributed by atoms with Crippen LogP contribution in [-0.2, 0) is 19.1 Å². The van der Waals surface area contributed by atoms with Gasteiger partial charge in [-0.25, -0.2) is 4.79 Å². The van der Waals surface area contributed by atoms with Crippen molar-refractivity contribution in [3.8, 4) is 0 Å². The molecule has 0 saturated heterocycles. The van der Waals surface area contributed by atoms with Gasteiger partial charge in [-0.15, -0.1) is 0 Å². The highest BCUT2D eigenvalue weighted by atomic mass is 16.6. The van der Waals surface area contributed by atoms with Gasteiger partial charge in [-0.2, -0.15) is 0 Å². The monoisotopic (exact) mass is 618 g/mol. The molecule has 242 valence electrons. The minimum absolute atomic E-state index is 0.00186. The van der Waals surface area contributed by atoms with Crippen LogP contribution < -0.4 is 0 Å². The Balaban J connectivity index is 1.57. The van der Waals surface area contributed by atoms with Crippen LogP contribution in [-0.4, -0.2) is 62.6 Å². The number of aliphatic hydroxyl groups excluding tert-OH is 1. The lowest BCUT2D eigenvalue weighted by atomic mass is 9.59. The number of carbonyl (C=O) groups is 3. The Morgan fingerprint density at radius 1 is 1.07 bits per heavy atom. The Bertz CT molecular complexity index is 1450. The predicted molar refractivity (Wildman–Crippen MR) is 169 cm³/mol. The van der Waals surface area contributed by atoms with E-state index in [-0.39, 0.29) is 12.8 Å². The second kappa shape index (κ2) is 12.1. The second-order valence-electron chi connectivity index (χ2n) is 13.8. The zero-order valence-corrected chi connectivity index (χ0v) is 26.9. The van der Waals surface area contributed by atoms with E-state index in [4.69, 9.17) is 9.47 Å². The molecule has 3 N–H and O–H groups in total. The molecule has 0 radical (unpaired) electrons. The van der Waals surface area contributed by atoms with Crippen molar-refractivity contribution in [3.63, 3.8) is 0 Å². The highest BCUT2D eigenvalue weighted by molar-refractivity contribution is 6.04. The van der Waals surface area contributed by atoms with Gasteiger partial charge in [0.1, 0.15) is 11.7 Å². The maximum absolute atomic E-state index is 13.6. The van der Waals surface area contributed by atoms with Gasteiger partial charge in [0.05, 0.1) is 24.2 Å². The molecular weight excluding hydrogens is 572 g/mol. The summed E-state index contributed by atoms with van der Waals surface area (Å²) in [6.45, 7) is 8.89. The number of Topliss-reactive ketones (excluding diaryl/α,β-unsaturated/α-hetero) is 1. The highest BCUT2D eigenvalue weighted by Gasteiger charge is 2.88. The number of esters is 2. The van der Waals surface area contributed by atoms with Gasteiger partial charge in [0.25, 0.3) is 0 Å². The molecule has 45 heavy (non-hydrogen) atoms. The molecule has 1 aromatic rings. The molecule has 8 atom stereocenters. The summed E-state index contributed by atoms with van der Waals surface area (Å²) >= 11 is 0. The number of allylic oxidation sites excluding steroid dienone is 3. The third-order valence-corrected chi connectivity index (χ3v) is 10.9. The van der Waals surface area contributed by atoms with Crippen molar-refractivity contribution in [2.45, 2.75) is 89.6 Å². The molecule has 1 aromatic carbocycles. The zero-order chi connectivity index (χ0) is 32.8. The predicted octanol–water partition coefficient (Wildman–Crippen LogP) is 5.04. The number of hydrogen-bond donors (Lipinski definition) is 3. The third kappa shape index (κ3) is 5.15. The van der Waals surface area contributed by atoms with Crippen LogP contribution in [0.25, 0.3) is 0 Å². The van der Waals surface area contributed by atoms with E-state index in [1.165, 1.54) is 0 Å². The van der Waals surface area contributed by atoms with Crippen LogP contribution in [0.5, 0.6) is 0 Å². The van der Waals surface area contributed by atoms with Crippen LogP contribution in [0.4, 0.5) is 0 Å². The average molecular weight is 619 g/mol. The van der Waals surface area contributed by atoms with Gasteiger partial charge in [-0.3, -0.25) is 9.59 Å². The topological polar surface area (TPSA) is 130 Å². The molecule has 4 aliphatic rings. The van der Waals surface area contributed by atoms with E-state index in [2.05, 4.69) is 13.0 Å². The lowest BCUT2D eigenvalue weighted by Gasteiger charge is -2.53. The van der Waals surface area contributed by atoms with E-state index >= 15 is 0 Å². The Morgan fingerprint density at radius 3 is 2.42 bits per heavy atom. The van der Waals surface area contributed by atoms with E-state index in [9.17, 15) is 29.7 Å². The first kappa shape index (κ1) is 33.0. The summed E-state index contributed by atoms with van der Waals surface area (Å²) in [6, 6.07) is 8.48. The van der Waals surface area contributed by atoms with Crippen molar-refractivity contribution in [2.75, 3.05) is 6.61 Å². The van der Waals surface area contributed by atoms with Gasteiger partial charge in [-0.05, 0) is 36.6 Å². The number of benzene rings is 1. The SMILES string of the molecule is CCCC/C=C/C=C/CC(=O)O[C@@]12[C@H](OC(=O)c3ccccc3)[C@@H](C)[C@@]3(O)[C@@H](C=C(CO)C[C@]4(O)C(=O)C(C)=C[C@@H]34)[C@@H]1C2(C)C. The Labute approximate surface area is 265 Å². The quantitative estimate of drug-likeness (QED) is 0.144. The number of fused-ring (bicyclic) bond motifs is 5. The summed E-state index contributed by atoms with van der Waals surface area (Å²) in [5, 5.41) is 35.1. The van der Waals surface area contributed by atoms with Gasteiger partial charge in [0.2, 0.25) is 0 Å². The molecule has 0 aromatic heterocycles. The largest absolute Gasteiger partial charge is 0.454 e. The van der Waals surface area contributed by atoms with E-state index in [0.717, 1.165) is 19.3 Å². The number of ketones is 1. The number of aliphatic hydroxyl groups is 3. The van der Waals surface area contributed by atoms with Crippen molar-refractivity contribution >= 4 is 17.7 Å². The molecule has 4 aliphatic carbocycles. The lowest BCUT2D eigenvalue weighted by Crippen LogP contribution is -2.66. The minimum atomic E-state index is -1.98. The molecule has 2 saturated carbocycles. The van der Waals surface area contributed by atoms with Gasteiger partial charge in [0, 0.05) is 35.5 Å². The number of unbranched alkanes of at least 4 members (excludes halogenated alkanes) is 2. The van der Waals surface area contributed by atoms with Crippen molar-refractivity contribution < 1.29 is 39.2 Å². The molecule has 0 heterocycles. The van der Waals surface area contributed by atoms with E-state index in [0.29, 0.717) is 16.7 Å². The van der Waals surface area contributed by atoms with Crippen LogP contribution in [0.2, 0.25) is 0 Å². The third-order valence-electron chi connectivity index (χ3n) is 10.9. The number of ether oxygens (including phenoxy) is 2.